The van der Waals surface area contributed by atoms with E-state index >= 15 is 0 Å². The number of likely N-dealkylation sites (tertiary alicyclic amines) is 1. The average Bonchev–Trinajstić information content (AvgIpc) is 3.19. The molecule has 0 spiro atoms. The number of hydrogen-bond donors (Lipinski definition) is 3. The van der Waals surface area contributed by atoms with Crippen molar-refractivity contribution in [3.63, 3.8) is 0 Å². The van der Waals surface area contributed by atoms with Crippen molar-refractivity contribution >= 4 is 47.4 Å². The van der Waals surface area contributed by atoms with Gasteiger partial charge in [-0.1, -0.05) is 23.7 Å². The Bertz CT molecular complexity index is 832. The normalized spacial score (nSPS) is 15.5. The van der Waals surface area contributed by atoms with E-state index in [-0.39, 0.29) is 29.7 Å². The van der Waals surface area contributed by atoms with Crippen LogP contribution in [0, 0.1) is 0 Å². The van der Waals surface area contributed by atoms with Crippen LogP contribution in [-0.2, 0) is 13.1 Å². The van der Waals surface area contributed by atoms with Crippen molar-refractivity contribution in [1.82, 2.24) is 15.5 Å². The zero-order valence-electron chi connectivity index (χ0n) is 17.1. The van der Waals surface area contributed by atoms with Crippen LogP contribution in [-0.4, -0.2) is 42.4 Å². The largest absolute Gasteiger partial charge is 0.454 e. The van der Waals surface area contributed by atoms with Gasteiger partial charge in [0.15, 0.2) is 11.7 Å². The van der Waals surface area contributed by atoms with Gasteiger partial charge in [0.2, 0.25) is 0 Å². The minimum Gasteiger partial charge on any atom is -0.454 e. The molecule has 0 aliphatic carbocycles. The number of nitrogens with zero attached hydrogens (tertiary/aromatic N) is 2. The molecule has 2 heterocycles. The highest BCUT2D eigenvalue weighted by molar-refractivity contribution is 14.0. The van der Waals surface area contributed by atoms with E-state index < -0.39 is 5.91 Å². The third kappa shape index (κ3) is 7.48. The van der Waals surface area contributed by atoms with Crippen molar-refractivity contribution in [2.45, 2.75) is 38.9 Å². The molecule has 1 saturated heterocycles. The maximum absolute atomic E-state index is 11.1. The second-order valence-electron chi connectivity index (χ2n) is 7.15. The number of carbonyl (C=O) groups excluding carboxylic acids is 1. The van der Waals surface area contributed by atoms with Crippen LogP contribution in [0.2, 0.25) is 5.02 Å². The SMILES string of the molecule is CCNC(=NCc1ccc(C(N)=O)o1)NC1CCN(Cc2ccc(Cl)cc2)CC1.I. The van der Waals surface area contributed by atoms with Gasteiger partial charge in [0, 0.05) is 37.2 Å². The van der Waals surface area contributed by atoms with Crippen molar-refractivity contribution in [3.05, 3.63) is 58.5 Å². The van der Waals surface area contributed by atoms with E-state index in [1.165, 1.54) is 5.56 Å². The summed E-state index contributed by atoms with van der Waals surface area (Å²) in [5, 5.41) is 7.55. The van der Waals surface area contributed by atoms with E-state index in [9.17, 15) is 4.79 Å². The van der Waals surface area contributed by atoms with Crippen LogP contribution in [0.3, 0.4) is 0 Å². The molecule has 1 aromatic carbocycles. The second kappa shape index (κ2) is 12.2. The predicted octanol–water partition coefficient (Wildman–Crippen LogP) is 3.37. The number of guanidine groups is 1. The number of benzene rings is 1. The van der Waals surface area contributed by atoms with E-state index in [0.717, 1.165) is 50.0 Å². The number of furan rings is 1. The first-order valence-electron chi connectivity index (χ1n) is 9.93. The fourth-order valence-corrected chi connectivity index (χ4v) is 3.48. The minimum atomic E-state index is -0.573. The molecule has 0 unspecified atom stereocenters. The van der Waals surface area contributed by atoms with Gasteiger partial charge >= 0.3 is 0 Å². The summed E-state index contributed by atoms with van der Waals surface area (Å²) in [6.45, 7) is 6.15. The number of rotatable bonds is 7. The highest BCUT2D eigenvalue weighted by atomic mass is 127. The summed E-state index contributed by atoms with van der Waals surface area (Å²) in [7, 11) is 0. The first-order valence-corrected chi connectivity index (χ1v) is 10.3. The topological polar surface area (TPSA) is 95.9 Å². The molecular formula is C21H29ClIN5O2. The number of amides is 1. The molecule has 4 N–H and O–H groups in total. The smallest absolute Gasteiger partial charge is 0.284 e. The Kier molecular flexibility index (Phi) is 9.93. The van der Waals surface area contributed by atoms with Gasteiger partial charge in [-0.3, -0.25) is 9.69 Å². The Hall–Kier alpha value is -1.78. The third-order valence-corrected chi connectivity index (χ3v) is 5.14. The van der Waals surface area contributed by atoms with E-state index in [1.807, 2.05) is 19.1 Å². The van der Waals surface area contributed by atoms with Gasteiger partial charge in [-0.2, -0.15) is 0 Å². The van der Waals surface area contributed by atoms with Crippen LogP contribution in [0.4, 0.5) is 0 Å². The Labute approximate surface area is 199 Å². The van der Waals surface area contributed by atoms with Gasteiger partial charge < -0.3 is 20.8 Å². The van der Waals surface area contributed by atoms with Gasteiger partial charge in [0.1, 0.15) is 12.3 Å². The van der Waals surface area contributed by atoms with Gasteiger partial charge in [-0.05, 0) is 49.6 Å². The van der Waals surface area contributed by atoms with E-state index in [4.69, 9.17) is 21.8 Å². The molecule has 0 bridgehead atoms. The van der Waals surface area contributed by atoms with Crippen molar-refractivity contribution in [2.24, 2.45) is 10.7 Å². The number of carbonyl (C=O) groups is 1. The van der Waals surface area contributed by atoms with E-state index in [1.54, 1.807) is 12.1 Å². The molecule has 1 aromatic heterocycles. The molecule has 1 aliphatic rings. The van der Waals surface area contributed by atoms with Gasteiger partial charge in [-0.15, -0.1) is 24.0 Å². The Morgan fingerprint density at radius 3 is 2.53 bits per heavy atom. The number of nitrogens with one attached hydrogen (secondary N) is 2. The first-order chi connectivity index (χ1) is 14.0. The average molecular weight is 546 g/mol. The summed E-state index contributed by atoms with van der Waals surface area (Å²) in [5.41, 5.74) is 6.50. The highest BCUT2D eigenvalue weighted by Gasteiger charge is 2.20. The highest BCUT2D eigenvalue weighted by Crippen LogP contribution is 2.16. The molecule has 1 amide bonds. The van der Waals surface area contributed by atoms with Crippen LogP contribution >= 0.6 is 35.6 Å². The zero-order chi connectivity index (χ0) is 20.6. The maximum atomic E-state index is 11.1. The quantitative estimate of drug-likeness (QED) is 0.282. The summed E-state index contributed by atoms with van der Waals surface area (Å²) in [6.07, 6.45) is 2.09. The lowest BCUT2D eigenvalue weighted by Gasteiger charge is -2.33. The number of primary amides is 1. The van der Waals surface area contributed by atoms with E-state index in [0.29, 0.717) is 18.3 Å². The van der Waals surface area contributed by atoms with Crippen LogP contribution < -0.4 is 16.4 Å². The molecule has 0 saturated carbocycles. The Balaban J connectivity index is 0.00000320. The maximum Gasteiger partial charge on any atom is 0.284 e. The predicted molar refractivity (Wildman–Crippen MR) is 130 cm³/mol. The molecule has 7 nitrogen and oxygen atoms in total. The standard InChI is InChI=1S/C21H28ClN5O2.HI/c1-2-24-21(25-13-18-7-8-19(29-18)20(23)28)26-17-9-11-27(12-10-17)14-15-3-5-16(22)6-4-15;/h3-8,17H,2,9-14H2,1H3,(H2,23,28)(H2,24,25,26);1H. The van der Waals surface area contributed by atoms with Crippen LogP contribution in [0.5, 0.6) is 0 Å². The molecule has 0 radical (unpaired) electrons. The summed E-state index contributed by atoms with van der Waals surface area (Å²) in [5.74, 6) is 0.936. The van der Waals surface area contributed by atoms with Crippen LogP contribution in [0.15, 0.2) is 45.8 Å². The molecule has 1 aliphatic heterocycles. The van der Waals surface area contributed by atoms with Crippen molar-refractivity contribution in [3.8, 4) is 0 Å². The van der Waals surface area contributed by atoms with Gasteiger partial charge in [0.05, 0.1) is 0 Å². The summed E-state index contributed by atoms with van der Waals surface area (Å²) in [6, 6.07) is 11.7. The molecule has 1 fully saturated rings. The molecule has 2 aromatic rings. The molecular weight excluding hydrogens is 517 g/mol. The van der Waals surface area contributed by atoms with Crippen molar-refractivity contribution < 1.29 is 9.21 Å². The van der Waals surface area contributed by atoms with Gasteiger partial charge in [0.25, 0.3) is 5.91 Å². The molecule has 164 valence electrons. The van der Waals surface area contributed by atoms with Crippen molar-refractivity contribution in [1.29, 1.82) is 0 Å². The monoisotopic (exact) mass is 545 g/mol. The second-order valence-corrected chi connectivity index (χ2v) is 7.58. The third-order valence-electron chi connectivity index (χ3n) is 4.89. The fourth-order valence-electron chi connectivity index (χ4n) is 3.35. The van der Waals surface area contributed by atoms with Crippen molar-refractivity contribution in [2.75, 3.05) is 19.6 Å². The lowest BCUT2D eigenvalue weighted by molar-refractivity contribution is 0.0972. The minimum absolute atomic E-state index is 0. The Morgan fingerprint density at radius 1 is 1.23 bits per heavy atom. The lowest BCUT2D eigenvalue weighted by Crippen LogP contribution is -2.48. The summed E-state index contributed by atoms with van der Waals surface area (Å²) >= 11 is 5.96. The number of nitrogens with two attached hydrogens (primary N) is 1. The fraction of sp³-hybridized carbons (Fsp3) is 0.429. The summed E-state index contributed by atoms with van der Waals surface area (Å²) < 4.78 is 5.39. The molecule has 30 heavy (non-hydrogen) atoms. The first kappa shape index (κ1) is 24.5. The summed E-state index contributed by atoms with van der Waals surface area (Å²) in [4.78, 5) is 18.2. The molecule has 3 rings (SSSR count). The van der Waals surface area contributed by atoms with Crippen LogP contribution in [0.1, 0.15) is 41.6 Å². The Morgan fingerprint density at radius 2 is 1.93 bits per heavy atom. The molecule has 9 heteroatoms. The van der Waals surface area contributed by atoms with Crippen LogP contribution in [0.25, 0.3) is 0 Å². The molecule has 0 atom stereocenters. The van der Waals surface area contributed by atoms with Gasteiger partial charge in [-0.25, -0.2) is 4.99 Å². The number of aliphatic imine (C=N–C) groups is 1. The van der Waals surface area contributed by atoms with E-state index in [2.05, 4.69) is 32.7 Å². The number of piperidine rings is 1. The zero-order valence-corrected chi connectivity index (χ0v) is 20.2. The number of hydrogen-bond acceptors (Lipinski definition) is 4. The lowest BCUT2D eigenvalue weighted by atomic mass is 10.0. The number of halogens is 2.